The summed E-state index contributed by atoms with van der Waals surface area (Å²) in [6, 6.07) is 18.0. The van der Waals surface area contributed by atoms with Gasteiger partial charge in [0, 0.05) is 22.2 Å². The van der Waals surface area contributed by atoms with Crippen LogP contribution in [0.1, 0.15) is 19.4 Å². The fourth-order valence-electron chi connectivity index (χ4n) is 2.07. The number of hydrogen-bond acceptors (Lipinski definition) is 1. The molecule has 3 nitrogen and oxygen atoms in total. The Labute approximate surface area is 119 Å². The number of rotatable bonds is 2. The Hall–Kier alpha value is -2.55. The van der Waals surface area contributed by atoms with Gasteiger partial charge in [-0.3, -0.25) is 5.41 Å². The van der Waals surface area contributed by atoms with Crippen molar-refractivity contribution in [3.63, 3.8) is 0 Å². The van der Waals surface area contributed by atoms with E-state index >= 15 is 0 Å². The third-order valence-corrected chi connectivity index (χ3v) is 3.02. The van der Waals surface area contributed by atoms with E-state index in [4.69, 9.17) is 11.1 Å². The van der Waals surface area contributed by atoms with Crippen molar-refractivity contribution >= 4 is 16.7 Å². The molecule has 3 rings (SSSR count). The minimum absolute atomic E-state index is 0.0966. The van der Waals surface area contributed by atoms with E-state index in [1.54, 1.807) is 0 Å². The molecule has 0 bridgehead atoms. The van der Waals surface area contributed by atoms with E-state index < -0.39 is 0 Å². The quantitative estimate of drug-likeness (QED) is 0.473. The SMILES string of the molecule is CC.N=C(N)c1ccc2[nH]c(-c3ccccc3)cc2c1. The molecule has 0 saturated carbocycles. The monoisotopic (exact) mass is 265 g/mol. The molecular weight excluding hydrogens is 246 g/mol. The zero-order chi connectivity index (χ0) is 14.5. The van der Waals surface area contributed by atoms with Gasteiger partial charge in [0.25, 0.3) is 0 Å². The van der Waals surface area contributed by atoms with E-state index in [0.29, 0.717) is 0 Å². The van der Waals surface area contributed by atoms with E-state index in [1.807, 2.05) is 50.2 Å². The first kappa shape index (κ1) is 13.9. The highest BCUT2D eigenvalue weighted by atomic mass is 14.7. The molecule has 20 heavy (non-hydrogen) atoms. The molecule has 102 valence electrons. The molecule has 1 heterocycles. The average molecular weight is 265 g/mol. The van der Waals surface area contributed by atoms with Gasteiger partial charge in [0.1, 0.15) is 5.84 Å². The van der Waals surface area contributed by atoms with Gasteiger partial charge in [-0.15, -0.1) is 0 Å². The number of amidine groups is 1. The molecule has 3 aromatic rings. The van der Waals surface area contributed by atoms with Gasteiger partial charge < -0.3 is 10.7 Å². The Morgan fingerprint density at radius 2 is 1.70 bits per heavy atom. The maximum Gasteiger partial charge on any atom is 0.122 e. The zero-order valence-corrected chi connectivity index (χ0v) is 11.8. The molecule has 0 amide bonds. The highest BCUT2D eigenvalue weighted by Gasteiger charge is 2.04. The molecular formula is C17H19N3. The number of nitrogens with one attached hydrogen (secondary N) is 2. The fourth-order valence-corrected chi connectivity index (χ4v) is 2.07. The molecule has 0 saturated heterocycles. The number of H-pyrrole nitrogens is 1. The van der Waals surface area contributed by atoms with Crippen molar-refractivity contribution in [3.8, 4) is 11.3 Å². The first-order valence-electron chi connectivity index (χ1n) is 6.76. The van der Waals surface area contributed by atoms with Crippen LogP contribution < -0.4 is 5.73 Å². The lowest BCUT2D eigenvalue weighted by Gasteiger charge is -1.96. The molecule has 1 aromatic heterocycles. The van der Waals surface area contributed by atoms with Crippen molar-refractivity contribution in [3.05, 3.63) is 60.2 Å². The molecule has 0 fully saturated rings. The standard InChI is InChI=1S/C15H13N3.C2H6/c16-15(17)11-6-7-13-12(8-11)9-14(18-13)10-4-2-1-3-5-10;1-2/h1-9,18H,(H3,16,17);1-2H3. The van der Waals surface area contributed by atoms with Crippen molar-refractivity contribution in [1.29, 1.82) is 5.41 Å². The maximum absolute atomic E-state index is 7.45. The third kappa shape index (κ3) is 2.72. The van der Waals surface area contributed by atoms with Crippen LogP contribution >= 0.6 is 0 Å². The van der Waals surface area contributed by atoms with Crippen molar-refractivity contribution in [2.75, 3.05) is 0 Å². The van der Waals surface area contributed by atoms with Crippen molar-refractivity contribution < 1.29 is 0 Å². The highest BCUT2D eigenvalue weighted by molar-refractivity contribution is 5.99. The van der Waals surface area contributed by atoms with E-state index in [1.165, 1.54) is 0 Å². The Bertz CT molecular complexity index is 711. The van der Waals surface area contributed by atoms with E-state index in [9.17, 15) is 0 Å². The number of nitrogens with two attached hydrogens (primary N) is 1. The second kappa shape index (κ2) is 6.06. The summed E-state index contributed by atoms with van der Waals surface area (Å²) in [5, 5.41) is 8.52. The van der Waals surface area contributed by atoms with Gasteiger partial charge in [-0.1, -0.05) is 44.2 Å². The number of benzene rings is 2. The lowest BCUT2D eigenvalue weighted by molar-refractivity contribution is 1.42. The second-order valence-corrected chi connectivity index (χ2v) is 4.26. The molecule has 0 radical (unpaired) electrons. The summed E-state index contributed by atoms with van der Waals surface area (Å²) in [6.45, 7) is 4.00. The summed E-state index contributed by atoms with van der Waals surface area (Å²) in [4.78, 5) is 3.37. The summed E-state index contributed by atoms with van der Waals surface area (Å²) >= 11 is 0. The predicted molar refractivity (Wildman–Crippen MR) is 86.1 cm³/mol. The summed E-state index contributed by atoms with van der Waals surface area (Å²) in [7, 11) is 0. The van der Waals surface area contributed by atoms with E-state index in [-0.39, 0.29) is 5.84 Å². The molecule has 0 aliphatic heterocycles. The minimum Gasteiger partial charge on any atom is -0.384 e. The predicted octanol–water partition coefficient (Wildman–Crippen LogP) is 4.15. The molecule has 4 N–H and O–H groups in total. The van der Waals surface area contributed by atoms with Crippen LogP contribution in [0.5, 0.6) is 0 Å². The molecule has 0 aliphatic rings. The number of hydrogen-bond donors (Lipinski definition) is 3. The Balaban J connectivity index is 0.000000704. The summed E-state index contributed by atoms with van der Waals surface area (Å²) in [5.41, 5.74) is 9.53. The molecule has 0 aliphatic carbocycles. The van der Waals surface area contributed by atoms with Crippen LogP contribution in [0, 0.1) is 5.41 Å². The second-order valence-electron chi connectivity index (χ2n) is 4.26. The number of nitrogen functional groups attached to an aromatic ring is 1. The van der Waals surface area contributed by atoms with Gasteiger partial charge in [-0.05, 0) is 29.8 Å². The lowest BCUT2D eigenvalue weighted by atomic mass is 10.1. The first-order valence-corrected chi connectivity index (χ1v) is 6.76. The Morgan fingerprint density at radius 1 is 1.00 bits per heavy atom. The summed E-state index contributed by atoms with van der Waals surface area (Å²) < 4.78 is 0. The van der Waals surface area contributed by atoms with Crippen LogP contribution in [-0.2, 0) is 0 Å². The Morgan fingerprint density at radius 3 is 2.35 bits per heavy atom. The fraction of sp³-hybridized carbons (Fsp3) is 0.118. The average Bonchev–Trinajstić information content (AvgIpc) is 2.93. The van der Waals surface area contributed by atoms with Gasteiger partial charge in [0.15, 0.2) is 0 Å². The summed E-state index contributed by atoms with van der Waals surface area (Å²) in [6.07, 6.45) is 0. The molecule has 0 atom stereocenters. The van der Waals surface area contributed by atoms with E-state index in [0.717, 1.165) is 27.7 Å². The number of aromatic nitrogens is 1. The van der Waals surface area contributed by atoms with Crippen LogP contribution in [0.15, 0.2) is 54.6 Å². The topological polar surface area (TPSA) is 65.7 Å². The van der Waals surface area contributed by atoms with Crippen LogP contribution in [0.3, 0.4) is 0 Å². The largest absolute Gasteiger partial charge is 0.384 e. The molecule has 0 unspecified atom stereocenters. The first-order chi connectivity index (χ1) is 9.74. The van der Waals surface area contributed by atoms with Crippen molar-refractivity contribution in [1.82, 2.24) is 4.98 Å². The minimum atomic E-state index is 0.0966. The van der Waals surface area contributed by atoms with E-state index in [2.05, 4.69) is 23.2 Å². The Kier molecular flexibility index (Phi) is 4.20. The van der Waals surface area contributed by atoms with Gasteiger partial charge in [-0.2, -0.15) is 0 Å². The van der Waals surface area contributed by atoms with Gasteiger partial charge in [0.2, 0.25) is 0 Å². The lowest BCUT2D eigenvalue weighted by Crippen LogP contribution is -2.10. The zero-order valence-electron chi connectivity index (χ0n) is 11.8. The summed E-state index contributed by atoms with van der Waals surface area (Å²) in [5.74, 6) is 0.0966. The van der Waals surface area contributed by atoms with Gasteiger partial charge in [-0.25, -0.2) is 0 Å². The smallest absolute Gasteiger partial charge is 0.122 e. The van der Waals surface area contributed by atoms with Crippen molar-refractivity contribution in [2.45, 2.75) is 13.8 Å². The van der Waals surface area contributed by atoms with Gasteiger partial charge in [0.05, 0.1) is 0 Å². The van der Waals surface area contributed by atoms with Crippen LogP contribution in [-0.4, -0.2) is 10.8 Å². The molecule has 2 aromatic carbocycles. The maximum atomic E-state index is 7.45. The highest BCUT2D eigenvalue weighted by Crippen LogP contribution is 2.24. The van der Waals surface area contributed by atoms with Crippen LogP contribution in [0.4, 0.5) is 0 Å². The van der Waals surface area contributed by atoms with Crippen LogP contribution in [0.2, 0.25) is 0 Å². The third-order valence-electron chi connectivity index (χ3n) is 3.02. The van der Waals surface area contributed by atoms with Crippen molar-refractivity contribution in [2.24, 2.45) is 5.73 Å². The molecule has 3 heteroatoms. The normalized spacial score (nSPS) is 9.90. The molecule has 0 spiro atoms. The number of aromatic amines is 1. The number of fused-ring (bicyclic) bond motifs is 1. The van der Waals surface area contributed by atoms with Crippen LogP contribution in [0.25, 0.3) is 22.2 Å². The van der Waals surface area contributed by atoms with Gasteiger partial charge >= 0.3 is 0 Å².